The lowest BCUT2D eigenvalue weighted by molar-refractivity contribution is -0.119. The lowest BCUT2D eigenvalue weighted by Crippen LogP contribution is -2.02. The Morgan fingerprint density at radius 2 is 2.08 bits per heavy atom. The minimum Gasteiger partial charge on any atom is -0.393 e. The molecule has 1 N–H and O–H groups in total. The zero-order chi connectivity index (χ0) is 10.1. The highest BCUT2D eigenvalue weighted by molar-refractivity contribution is 5.78. The van der Waals surface area contributed by atoms with E-state index in [2.05, 4.69) is 6.58 Å². The predicted molar refractivity (Wildman–Crippen MR) is 54.6 cm³/mol. The van der Waals surface area contributed by atoms with Crippen LogP contribution >= 0.6 is 0 Å². The molecule has 0 aromatic heterocycles. The topological polar surface area (TPSA) is 37.3 Å². The van der Waals surface area contributed by atoms with Gasteiger partial charge in [-0.3, -0.25) is 4.79 Å². The van der Waals surface area contributed by atoms with Crippen LogP contribution in [0.25, 0.3) is 0 Å². The number of hydrogen-bond acceptors (Lipinski definition) is 2. The molecule has 1 atom stereocenters. The summed E-state index contributed by atoms with van der Waals surface area (Å²) in [6.07, 6.45) is 6.20. The molecule has 13 heavy (non-hydrogen) atoms. The zero-order valence-electron chi connectivity index (χ0n) is 8.46. The van der Waals surface area contributed by atoms with Crippen molar-refractivity contribution in [1.82, 2.24) is 0 Å². The van der Waals surface area contributed by atoms with Crippen molar-refractivity contribution in [3.63, 3.8) is 0 Å². The molecule has 1 unspecified atom stereocenters. The van der Waals surface area contributed by atoms with Gasteiger partial charge in [-0.25, -0.2) is 0 Å². The van der Waals surface area contributed by atoms with Crippen molar-refractivity contribution in [2.75, 3.05) is 0 Å². The Balaban J connectivity index is 3.25. The fourth-order valence-electron chi connectivity index (χ4n) is 1.16. The number of carbonyl (C=O) groups is 1. The first-order chi connectivity index (χ1) is 6.16. The fraction of sp³-hybridized carbons (Fsp3) is 0.727. The second-order valence-electron chi connectivity index (χ2n) is 3.46. The van der Waals surface area contributed by atoms with Crippen LogP contribution in [0.15, 0.2) is 12.7 Å². The number of ketones is 1. The Hall–Kier alpha value is -0.630. The van der Waals surface area contributed by atoms with Gasteiger partial charge in [0.15, 0.2) is 0 Å². The van der Waals surface area contributed by atoms with Crippen molar-refractivity contribution in [2.24, 2.45) is 0 Å². The first-order valence-corrected chi connectivity index (χ1v) is 4.97. The third-order valence-corrected chi connectivity index (χ3v) is 1.94. The Labute approximate surface area is 80.7 Å². The highest BCUT2D eigenvalue weighted by atomic mass is 16.3. The SMILES string of the molecule is C=CCCCC(=O)CCCC(C)O. The summed E-state index contributed by atoms with van der Waals surface area (Å²) in [5.74, 6) is 0.308. The van der Waals surface area contributed by atoms with Crippen LogP contribution < -0.4 is 0 Å². The van der Waals surface area contributed by atoms with E-state index in [1.165, 1.54) is 0 Å². The number of hydrogen-bond donors (Lipinski definition) is 1. The number of carbonyl (C=O) groups excluding carboxylic acids is 1. The minimum atomic E-state index is -0.277. The maximum Gasteiger partial charge on any atom is 0.132 e. The normalized spacial score (nSPS) is 12.5. The van der Waals surface area contributed by atoms with Crippen molar-refractivity contribution in [1.29, 1.82) is 0 Å². The van der Waals surface area contributed by atoms with Crippen LogP contribution in [0.1, 0.15) is 45.4 Å². The first kappa shape index (κ1) is 12.4. The average molecular weight is 184 g/mol. The van der Waals surface area contributed by atoms with E-state index in [-0.39, 0.29) is 6.10 Å². The van der Waals surface area contributed by atoms with Gasteiger partial charge in [0, 0.05) is 12.8 Å². The third-order valence-electron chi connectivity index (χ3n) is 1.94. The number of aliphatic hydroxyl groups excluding tert-OH is 1. The van der Waals surface area contributed by atoms with E-state index in [0.717, 1.165) is 25.7 Å². The molecule has 0 aromatic rings. The van der Waals surface area contributed by atoms with Crippen molar-refractivity contribution >= 4 is 5.78 Å². The monoisotopic (exact) mass is 184 g/mol. The van der Waals surface area contributed by atoms with Crippen LogP contribution in [0, 0.1) is 0 Å². The average Bonchev–Trinajstić information content (AvgIpc) is 2.04. The molecule has 0 aliphatic carbocycles. The molecule has 2 nitrogen and oxygen atoms in total. The van der Waals surface area contributed by atoms with E-state index >= 15 is 0 Å². The van der Waals surface area contributed by atoms with Crippen molar-refractivity contribution in [3.8, 4) is 0 Å². The molecule has 0 saturated carbocycles. The molecule has 0 saturated heterocycles. The van der Waals surface area contributed by atoms with Crippen molar-refractivity contribution in [3.05, 3.63) is 12.7 Å². The molecule has 0 aromatic carbocycles. The standard InChI is InChI=1S/C11H20O2/c1-3-4-5-8-11(13)9-6-7-10(2)12/h3,10,12H,1,4-9H2,2H3. The van der Waals surface area contributed by atoms with E-state index in [1.54, 1.807) is 6.92 Å². The molecular weight excluding hydrogens is 164 g/mol. The largest absolute Gasteiger partial charge is 0.393 e. The number of Topliss-reactive ketones (excluding diaryl/α,β-unsaturated/α-hetero) is 1. The highest BCUT2D eigenvalue weighted by Crippen LogP contribution is 2.05. The van der Waals surface area contributed by atoms with E-state index in [1.807, 2.05) is 6.08 Å². The van der Waals surface area contributed by atoms with Crippen LogP contribution in [0.2, 0.25) is 0 Å². The van der Waals surface area contributed by atoms with Crippen LogP contribution in [-0.2, 0) is 4.79 Å². The number of unbranched alkanes of at least 4 members (excludes halogenated alkanes) is 1. The van der Waals surface area contributed by atoms with Crippen LogP contribution in [0.5, 0.6) is 0 Å². The third kappa shape index (κ3) is 9.28. The molecule has 0 amide bonds. The molecular formula is C11H20O2. The summed E-state index contributed by atoms with van der Waals surface area (Å²) in [5, 5.41) is 8.95. The Morgan fingerprint density at radius 1 is 1.46 bits per heavy atom. The van der Waals surface area contributed by atoms with Gasteiger partial charge in [-0.05, 0) is 32.6 Å². The summed E-state index contributed by atoms with van der Waals surface area (Å²) in [4.78, 5) is 11.2. The van der Waals surface area contributed by atoms with Crippen molar-refractivity contribution in [2.45, 2.75) is 51.6 Å². The maximum absolute atomic E-state index is 11.2. The van der Waals surface area contributed by atoms with E-state index in [9.17, 15) is 4.79 Å². The van der Waals surface area contributed by atoms with Gasteiger partial charge in [0.05, 0.1) is 6.10 Å². The fourth-order valence-corrected chi connectivity index (χ4v) is 1.16. The summed E-state index contributed by atoms with van der Waals surface area (Å²) in [5.41, 5.74) is 0. The van der Waals surface area contributed by atoms with Crippen LogP contribution in [-0.4, -0.2) is 17.0 Å². The highest BCUT2D eigenvalue weighted by Gasteiger charge is 2.02. The molecule has 0 aliphatic rings. The number of aliphatic hydroxyl groups is 1. The zero-order valence-corrected chi connectivity index (χ0v) is 8.46. The Kier molecular flexibility index (Phi) is 7.60. The van der Waals surface area contributed by atoms with Gasteiger partial charge in [0.1, 0.15) is 5.78 Å². The van der Waals surface area contributed by atoms with E-state index in [0.29, 0.717) is 18.6 Å². The minimum absolute atomic E-state index is 0.277. The molecule has 0 aliphatic heterocycles. The summed E-state index contributed by atoms with van der Waals surface area (Å²) in [6.45, 7) is 5.35. The van der Waals surface area contributed by atoms with E-state index in [4.69, 9.17) is 5.11 Å². The van der Waals surface area contributed by atoms with Gasteiger partial charge in [0.25, 0.3) is 0 Å². The smallest absolute Gasteiger partial charge is 0.132 e. The molecule has 76 valence electrons. The second-order valence-corrected chi connectivity index (χ2v) is 3.46. The molecule has 0 bridgehead atoms. The summed E-state index contributed by atoms with van der Waals surface area (Å²) in [7, 11) is 0. The van der Waals surface area contributed by atoms with Gasteiger partial charge in [-0.1, -0.05) is 6.08 Å². The van der Waals surface area contributed by atoms with E-state index < -0.39 is 0 Å². The molecule has 0 spiro atoms. The first-order valence-electron chi connectivity index (χ1n) is 4.97. The van der Waals surface area contributed by atoms with Gasteiger partial charge in [0.2, 0.25) is 0 Å². The van der Waals surface area contributed by atoms with Gasteiger partial charge in [-0.15, -0.1) is 6.58 Å². The molecule has 0 fully saturated rings. The van der Waals surface area contributed by atoms with Crippen LogP contribution in [0.3, 0.4) is 0 Å². The molecule has 0 heterocycles. The number of rotatable bonds is 8. The Bertz CT molecular complexity index is 150. The maximum atomic E-state index is 11.2. The summed E-state index contributed by atoms with van der Waals surface area (Å²) < 4.78 is 0. The Morgan fingerprint density at radius 3 is 2.62 bits per heavy atom. The second kappa shape index (κ2) is 7.99. The van der Waals surface area contributed by atoms with Gasteiger partial charge in [-0.2, -0.15) is 0 Å². The van der Waals surface area contributed by atoms with Gasteiger partial charge >= 0.3 is 0 Å². The van der Waals surface area contributed by atoms with Crippen molar-refractivity contribution < 1.29 is 9.90 Å². The lowest BCUT2D eigenvalue weighted by atomic mass is 10.1. The molecule has 0 radical (unpaired) electrons. The summed E-state index contributed by atoms with van der Waals surface area (Å²) in [6, 6.07) is 0. The predicted octanol–water partition coefficient (Wildman–Crippen LogP) is 2.46. The lowest BCUT2D eigenvalue weighted by Gasteiger charge is -2.02. The molecule has 0 rings (SSSR count). The molecule has 2 heteroatoms. The number of allylic oxidation sites excluding steroid dienone is 1. The van der Waals surface area contributed by atoms with Crippen LogP contribution in [0.4, 0.5) is 0 Å². The quantitative estimate of drug-likeness (QED) is 0.465. The van der Waals surface area contributed by atoms with Gasteiger partial charge < -0.3 is 5.11 Å². The summed E-state index contributed by atoms with van der Waals surface area (Å²) >= 11 is 0.